The molecule has 0 aliphatic carbocycles. The molecule has 0 saturated heterocycles. The fourth-order valence-electron chi connectivity index (χ4n) is 2.12. The van der Waals surface area contributed by atoms with Gasteiger partial charge in [-0.05, 0) is 57.0 Å². The van der Waals surface area contributed by atoms with Crippen LogP contribution < -0.4 is 10.1 Å². The van der Waals surface area contributed by atoms with Gasteiger partial charge in [0.25, 0.3) is 0 Å². The van der Waals surface area contributed by atoms with E-state index in [-0.39, 0.29) is 0 Å². The van der Waals surface area contributed by atoms with E-state index < -0.39 is 0 Å². The Kier molecular flexibility index (Phi) is 5.39. The van der Waals surface area contributed by atoms with E-state index in [9.17, 15) is 0 Å². The molecule has 0 saturated carbocycles. The van der Waals surface area contributed by atoms with Gasteiger partial charge in [-0.3, -0.25) is 4.68 Å². The number of aryl methyl sites for hydroxylation is 1. The maximum Gasteiger partial charge on any atom is 0.165 e. The van der Waals surface area contributed by atoms with Crippen LogP contribution in [0.2, 0.25) is 0 Å². The Morgan fingerprint density at radius 3 is 2.71 bits per heavy atom. The van der Waals surface area contributed by atoms with Gasteiger partial charge in [-0.15, -0.1) is 0 Å². The number of hydrogen-bond acceptors (Lipinski definition) is 3. The van der Waals surface area contributed by atoms with Gasteiger partial charge in [0.2, 0.25) is 0 Å². The van der Waals surface area contributed by atoms with Gasteiger partial charge in [0.1, 0.15) is 5.75 Å². The molecule has 0 aliphatic rings. The van der Waals surface area contributed by atoms with E-state index in [1.807, 2.05) is 16.9 Å². The highest BCUT2D eigenvalue weighted by Gasteiger charge is 2.05. The molecule has 0 fully saturated rings. The summed E-state index contributed by atoms with van der Waals surface area (Å²) in [5.41, 5.74) is 2.56. The maximum atomic E-state index is 5.87. The molecule has 4 nitrogen and oxygen atoms in total. The van der Waals surface area contributed by atoms with Crippen molar-refractivity contribution in [2.75, 3.05) is 6.54 Å². The quantitative estimate of drug-likeness (QED) is 0.780. The zero-order valence-corrected chi connectivity index (χ0v) is 13.4. The van der Waals surface area contributed by atoms with Gasteiger partial charge in [0.05, 0.1) is 12.4 Å². The Balaban J connectivity index is 2.02. The van der Waals surface area contributed by atoms with Crippen LogP contribution in [0, 0.1) is 6.92 Å². The van der Waals surface area contributed by atoms with Gasteiger partial charge in [-0.2, -0.15) is 5.10 Å². The van der Waals surface area contributed by atoms with Crippen molar-refractivity contribution in [1.82, 2.24) is 15.1 Å². The second kappa shape index (κ2) is 7.27. The number of aromatic nitrogens is 2. The van der Waals surface area contributed by atoms with E-state index >= 15 is 0 Å². The van der Waals surface area contributed by atoms with Crippen molar-refractivity contribution in [3.8, 4) is 11.5 Å². The number of rotatable bonds is 7. The third-order valence-corrected chi connectivity index (χ3v) is 3.40. The van der Waals surface area contributed by atoms with Crippen LogP contribution in [0.4, 0.5) is 0 Å². The van der Waals surface area contributed by atoms with Crippen molar-refractivity contribution >= 4 is 0 Å². The van der Waals surface area contributed by atoms with Gasteiger partial charge in [-0.1, -0.05) is 13.0 Å². The van der Waals surface area contributed by atoms with Crippen molar-refractivity contribution in [3.63, 3.8) is 0 Å². The standard InChI is InChI=1S/C17H25N3O/c1-5-8-18-10-15-6-7-16(9-14(15)4)21-17-11-19-20(12-17)13(2)3/h6-7,9,11-13,18H,5,8,10H2,1-4H3. The molecule has 1 N–H and O–H groups in total. The van der Waals surface area contributed by atoms with Gasteiger partial charge in [-0.25, -0.2) is 0 Å². The molecule has 1 aromatic carbocycles. The molecular formula is C17H25N3O. The maximum absolute atomic E-state index is 5.87. The van der Waals surface area contributed by atoms with Crippen molar-refractivity contribution in [3.05, 3.63) is 41.7 Å². The SMILES string of the molecule is CCCNCc1ccc(Oc2cnn(C(C)C)c2)cc1C. The van der Waals surface area contributed by atoms with Crippen LogP contribution in [-0.4, -0.2) is 16.3 Å². The summed E-state index contributed by atoms with van der Waals surface area (Å²) in [6.45, 7) is 10.4. The first-order chi connectivity index (χ1) is 10.1. The molecule has 1 aromatic heterocycles. The van der Waals surface area contributed by atoms with Crippen LogP contribution >= 0.6 is 0 Å². The summed E-state index contributed by atoms with van der Waals surface area (Å²) in [5, 5.41) is 7.71. The van der Waals surface area contributed by atoms with Crippen LogP contribution in [0.3, 0.4) is 0 Å². The molecule has 0 unspecified atom stereocenters. The van der Waals surface area contributed by atoms with Crippen molar-refractivity contribution < 1.29 is 4.74 Å². The smallest absolute Gasteiger partial charge is 0.165 e. The number of nitrogens with one attached hydrogen (secondary N) is 1. The molecule has 0 spiro atoms. The summed E-state index contributed by atoms with van der Waals surface area (Å²) >= 11 is 0. The average Bonchev–Trinajstić information content (AvgIpc) is 2.90. The van der Waals surface area contributed by atoms with Gasteiger partial charge < -0.3 is 10.1 Å². The normalized spacial score (nSPS) is 11.1. The Morgan fingerprint density at radius 2 is 2.10 bits per heavy atom. The molecule has 0 atom stereocenters. The lowest BCUT2D eigenvalue weighted by Crippen LogP contribution is -2.14. The highest BCUT2D eigenvalue weighted by Crippen LogP contribution is 2.24. The minimum absolute atomic E-state index is 0.344. The van der Waals surface area contributed by atoms with Crippen molar-refractivity contribution in [2.24, 2.45) is 0 Å². The van der Waals surface area contributed by atoms with Crippen molar-refractivity contribution in [2.45, 2.75) is 46.7 Å². The Labute approximate surface area is 127 Å². The minimum Gasteiger partial charge on any atom is -0.454 e. The summed E-state index contributed by atoms with van der Waals surface area (Å²) in [5.74, 6) is 1.63. The Morgan fingerprint density at radius 1 is 1.29 bits per heavy atom. The first kappa shape index (κ1) is 15.6. The lowest BCUT2D eigenvalue weighted by Gasteiger charge is -2.10. The fraction of sp³-hybridized carbons (Fsp3) is 0.471. The minimum atomic E-state index is 0.344. The lowest BCUT2D eigenvalue weighted by molar-refractivity contribution is 0.476. The molecule has 2 aromatic rings. The zero-order valence-electron chi connectivity index (χ0n) is 13.4. The third kappa shape index (κ3) is 4.33. The van der Waals surface area contributed by atoms with E-state index in [4.69, 9.17) is 4.74 Å². The topological polar surface area (TPSA) is 39.1 Å². The molecule has 2 rings (SSSR count). The molecular weight excluding hydrogens is 262 g/mol. The van der Waals surface area contributed by atoms with Crippen LogP contribution in [0.25, 0.3) is 0 Å². The monoisotopic (exact) mass is 287 g/mol. The van der Waals surface area contributed by atoms with E-state index in [2.05, 4.69) is 50.2 Å². The Bertz CT molecular complexity index is 575. The van der Waals surface area contributed by atoms with E-state index in [1.165, 1.54) is 11.1 Å². The van der Waals surface area contributed by atoms with Crippen LogP contribution in [0.15, 0.2) is 30.6 Å². The van der Waals surface area contributed by atoms with Gasteiger partial charge in [0, 0.05) is 12.6 Å². The molecule has 0 bridgehead atoms. The van der Waals surface area contributed by atoms with Crippen molar-refractivity contribution in [1.29, 1.82) is 0 Å². The highest BCUT2D eigenvalue weighted by atomic mass is 16.5. The van der Waals surface area contributed by atoms with Crippen LogP contribution in [0.1, 0.15) is 44.4 Å². The second-order valence-electron chi connectivity index (χ2n) is 5.62. The zero-order chi connectivity index (χ0) is 15.2. The highest BCUT2D eigenvalue weighted by molar-refractivity contribution is 5.37. The number of benzene rings is 1. The molecule has 0 radical (unpaired) electrons. The summed E-state index contributed by atoms with van der Waals surface area (Å²) in [6, 6.07) is 6.56. The predicted molar refractivity (Wildman–Crippen MR) is 85.9 cm³/mol. The fourth-order valence-corrected chi connectivity index (χ4v) is 2.12. The molecule has 21 heavy (non-hydrogen) atoms. The predicted octanol–water partition coefficient (Wildman–Crippen LogP) is 4.06. The third-order valence-electron chi connectivity index (χ3n) is 3.40. The number of ether oxygens (including phenoxy) is 1. The van der Waals surface area contributed by atoms with Gasteiger partial charge >= 0.3 is 0 Å². The molecule has 4 heteroatoms. The van der Waals surface area contributed by atoms with Crippen LogP contribution in [0.5, 0.6) is 11.5 Å². The molecule has 114 valence electrons. The Hall–Kier alpha value is -1.81. The summed E-state index contributed by atoms with van der Waals surface area (Å²) in [6.07, 6.45) is 4.84. The van der Waals surface area contributed by atoms with Crippen LogP contribution in [-0.2, 0) is 6.54 Å². The lowest BCUT2D eigenvalue weighted by atomic mass is 10.1. The largest absolute Gasteiger partial charge is 0.454 e. The summed E-state index contributed by atoms with van der Waals surface area (Å²) < 4.78 is 7.76. The second-order valence-corrected chi connectivity index (χ2v) is 5.62. The van der Waals surface area contributed by atoms with E-state index in [0.29, 0.717) is 6.04 Å². The number of hydrogen-bond donors (Lipinski definition) is 1. The molecule has 0 amide bonds. The number of nitrogens with zero attached hydrogens (tertiary/aromatic N) is 2. The summed E-state index contributed by atoms with van der Waals surface area (Å²) in [7, 11) is 0. The molecule has 1 heterocycles. The van der Waals surface area contributed by atoms with E-state index in [1.54, 1.807) is 6.20 Å². The first-order valence-electron chi connectivity index (χ1n) is 7.62. The van der Waals surface area contributed by atoms with E-state index in [0.717, 1.165) is 31.0 Å². The molecule has 0 aliphatic heterocycles. The average molecular weight is 287 g/mol. The first-order valence-corrected chi connectivity index (χ1v) is 7.62. The summed E-state index contributed by atoms with van der Waals surface area (Å²) in [4.78, 5) is 0. The van der Waals surface area contributed by atoms with Gasteiger partial charge in [0.15, 0.2) is 5.75 Å².